The number of primary sulfonamides is 1. The van der Waals surface area contributed by atoms with E-state index in [2.05, 4.69) is 10.9 Å². The maximum absolute atomic E-state index is 13.1. The Morgan fingerprint density at radius 2 is 1.65 bits per heavy atom. The van der Waals surface area contributed by atoms with Gasteiger partial charge in [-0.25, -0.2) is 22.0 Å². The summed E-state index contributed by atoms with van der Waals surface area (Å²) in [7, 11) is -4.80. The molecule has 1 heterocycles. The van der Waals surface area contributed by atoms with Crippen molar-refractivity contribution in [2.45, 2.75) is 16.3 Å². The predicted octanol–water partition coefficient (Wildman–Crippen LogP) is 1.01. The summed E-state index contributed by atoms with van der Waals surface area (Å²) < 4.78 is 62.9. The molecular formula is C23H26N4O7S3. The Labute approximate surface area is 219 Å². The molecule has 0 saturated heterocycles. The Balaban J connectivity index is 1.96. The Morgan fingerprint density at radius 3 is 2.19 bits per heavy atom. The molecular weight excluding hydrogens is 540 g/mol. The quantitative estimate of drug-likeness (QED) is 0.340. The van der Waals surface area contributed by atoms with Gasteiger partial charge in [-0.2, -0.15) is 9.30 Å². The van der Waals surface area contributed by atoms with E-state index >= 15 is 0 Å². The molecule has 1 amide bonds. The second-order valence-corrected chi connectivity index (χ2v) is 12.2. The molecule has 0 saturated carbocycles. The first-order chi connectivity index (χ1) is 17.5. The van der Waals surface area contributed by atoms with Crippen LogP contribution in [0.4, 0.5) is 0 Å². The van der Waals surface area contributed by atoms with E-state index in [1.165, 1.54) is 54.9 Å². The lowest BCUT2D eigenvalue weighted by Crippen LogP contribution is -2.36. The van der Waals surface area contributed by atoms with Crippen molar-refractivity contribution in [3.8, 4) is 12.3 Å². The molecule has 3 rings (SSSR count). The van der Waals surface area contributed by atoms with Gasteiger partial charge in [-0.1, -0.05) is 17.3 Å². The van der Waals surface area contributed by atoms with Crippen LogP contribution in [0.2, 0.25) is 0 Å². The van der Waals surface area contributed by atoms with Gasteiger partial charge in [0.15, 0.2) is 4.80 Å². The molecule has 1 aromatic heterocycles. The third-order valence-electron chi connectivity index (χ3n) is 5.26. The molecule has 14 heteroatoms. The number of fused-ring (bicyclic) bond motifs is 1. The molecule has 0 unspecified atom stereocenters. The highest BCUT2D eigenvalue weighted by Crippen LogP contribution is 2.22. The van der Waals surface area contributed by atoms with E-state index in [0.717, 1.165) is 11.3 Å². The zero-order valence-electron chi connectivity index (χ0n) is 20.2. The summed E-state index contributed by atoms with van der Waals surface area (Å²) in [5.74, 6) is 1.87. The molecule has 0 radical (unpaired) electrons. The van der Waals surface area contributed by atoms with Crippen LogP contribution in [0, 0.1) is 12.3 Å². The van der Waals surface area contributed by atoms with Crippen molar-refractivity contribution in [2.75, 3.05) is 40.5 Å². The van der Waals surface area contributed by atoms with E-state index < -0.39 is 26.0 Å². The number of carbonyl (C=O) groups is 1. The highest BCUT2D eigenvalue weighted by atomic mass is 32.2. The summed E-state index contributed by atoms with van der Waals surface area (Å²) in [5, 5.41) is 5.22. The van der Waals surface area contributed by atoms with E-state index in [0.29, 0.717) is 10.2 Å². The Bertz CT molecular complexity index is 1590. The fourth-order valence-electron chi connectivity index (χ4n) is 3.37. The highest BCUT2D eigenvalue weighted by molar-refractivity contribution is 7.89. The van der Waals surface area contributed by atoms with Gasteiger partial charge >= 0.3 is 0 Å². The Hall–Kier alpha value is -2.90. The monoisotopic (exact) mass is 566 g/mol. The maximum atomic E-state index is 13.1. The molecule has 37 heavy (non-hydrogen) atoms. The number of methoxy groups -OCH3 is 2. The van der Waals surface area contributed by atoms with Crippen molar-refractivity contribution < 1.29 is 31.1 Å². The number of terminal acetylenes is 1. The smallest absolute Gasteiger partial charge is 0.279 e. The molecule has 0 aliphatic carbocycles. The van der Waals surface area contributed by atoms with Gasteiger partial charge in [-0.15, -0.1) is 6.42 Å². The van der Waals surface area contributed by atoms with Crippen molar-refractivity contribution in [1.82, 2.24) is 8.87 Å². The van der Waals surface area contributed by atoms with Crippen molar-refractivity contribution in [3.63, 3.8) is 0 Å². The second kappa shape index (κ2) is 12.1. The maximum Gasteiger partial charge on any atom is 0.279 e. The van der Waals surface area contributed by atoms with Crippen molar-refractivity contribution in [1.29, 1.82) is 0 Å². The van der Waals surface area contributed by atoms with Gasteiger partial charge in [0, 0.05) is 32.9 Å². The molecule has 0 bridgehead atoms. The topological polar surface area (TPSA) is 150 Å². The van der Waals surface area contributed by atoms with E-state index in [4.69, 9.17) is 21.0 Å². The van der Waals surface area contributed by atoms with Crippen LogP contribution in [0.3, 0.4) is 0 Å². The van der Waals surface area contributed by atoms with Gasteiger partial charge in [0.1, 0.15) is 0 Å². The van der Waals surface area contributed by atoms with Crippen LogP contribution in [0.25, 0.3) is 10.2 Å². The van der Waals surface area contributed by atoms with Gasteiger partial charge in [-0.3, -0.25) is 4.79 Å². The van der Waals surface area contributed by atoms with Gasteiger partial charge < -0.3 is 14.0 Å². The van der Waals surface area contributed by atoms with E-state index in [9.17, 15) is 21.6 Å². The average Bonchev–Trinajstić information content (AvgIpc) is 3.19. The first-order valence-electron chi connectivity index (χ1n) is 10.8. The van der Waals surface area contributed by atoms with Crippen molar-refractivity contribution in [2.24, 2.45) is 10.1 Å². The van der Waals surface area contributed by atoms with Crippen molar-refractivity contribution >= 4 is 47.5 Å². The fourth-order valence-corrected chi connectivity index (χ4v) is 6.46. The summed E-state index contributed by atoms with van der Waals surface area (Å²) in [6.45, 7) is 0.809. The van der Waals surface area contributed by atoms with Crippen LogP contribution < -0.4 is 9.94 Å². The molecule has 3 aromatic rings. The summed E-state index contributed by atoms with van der Waals surface area (Å²) in [5.41, 5.74) is 0.754. The van der Waals surface area contributed by atoms with Crippen LogP contribution in [-0.4, -0.2) is 72.1 Å². The second-order valence-electron chi connectivity index (χ2n) is 7.68. The highest BCUT2D eigenvalue weighted by Gasteiger charge is 2.24. The molecule has 2 N–H and O–H groups in total. The van der Waals surface area contributed by atoms with Gasteiger partial charge in [0.25, 0.3) is 5.91 Å². The molecule has 0 atom stereocenters. The Kier molecular flexibility index (Phi) is 9.37. The molecule has 0 fully saturated rings. The molecule has 0 aliphatic heterocycles. The lowest BCUT2D eigenvalue weighted by molar-refractivity contribution is 0.0997. The van der Waals surface area contributed by atoms with Crippen LogP contribution in [0.1, 0.15) is 10.4 Å². The van der Waals surface area contributed by atoms with Crippen LogP contribution >= 0.6 is 11.3 Å². The molecule has 11 nitrogen and oxygen atoms in total. The number of carbonyl (C=O) groups excluding carboxylic acids is 1. The first-order valence-corrected chi connectivity index (χ1v) is 14.6. The number of rotatable bonds is 11. The van der Waals surface area contributed by atoms with Crippen LogP contribution in [0.5, 0.6) is 0 Å². The Morgan fingerprint density at radius 1 is 1.05 bits per heavy atom. The van der Waals surface area contributed by atoms with Crippen molar-refractivity contribution in [3.05, 3.63) is 52.8 Å². The fraction of sp³-hybridized carbons (Fsp3) is 0.304. The number of aromatic nitrogens is 1. The minimum Gasteiger partial charge on any atom is -0.383 e. The number of nitrogens with zero attached hydrogens (tertiary/aromatic N) is 3. The normalized spacial score (nSPS) is 12.8. The van der Waals surface area contributed by atoms with Crippen LogP contribution in [-0.2, 0) is 36.1 Å². The molecule has 0 aliphatic rings. The zero-order chi connectivity index (χ0) is 27.2. The summed E-state index contributed by atoms with van der Waals surface area (Å²) in [6.07, 6.45) is 5.48. The third kappa shape index (κ3) is 6.70. The number of hydrogen-bond acceptors (Lipinski definition) is 8. The third-order valence-corrected chi connectivity index (χ3v) is 9.12. The summed E-state index contributed by atoms with van der Waals surface area (Å²) in [6, 6.07) is 9.72. The van der Waals surface area contributed by atoms with Gasteiger partial charge in [-0.05, 0) is 42.5 Å². The molecule has 0 spiro atoms. The lowest BCUT2D eigenvalue weighted by atomic mass is 10.2. The van der Waals surface area contributed by atoms with E-state index in [1.54, 1.807) is 10.6 Å². The SMILES string of the molecule is C#CCn1c(=NC(=O)c2ccc(S(=O)(=O)N(CCOC)CCOC)cc2)sc2cc(S(N)(=O)=O)ccc21. The lowest BCUT2D eigenvalue weighted by Gasteiger charge is -2.21. The zero-order valence-corrected chi connectivity index (χ0v) is 22.6. The number of ether oxygens (including phenoxy) is 2. The standard InChI is InChI=1S/C23H26N4O7S3/c1-4-11-27-20-10-9-19(36(24,29)30)16-21(20)35-23(27)25-22(28)17-5-7-18(8-6-17)37(31,32)26(12-14-33-2)13-15-34-3/h1,5-10,16H,11-15H2,2-3H3,(H2,24,29,30). The average molecular weight is 567 g/mol. The van der Waals surface area contributed by atoms with E-state index in [-0.39, 0.29) is 53.0 Å². The largest absolute Gasteiger partial charge is 0.383 e. The number of benzene rings is 2. The summed E-state index contributed by atoms with van der Waals surface area (Å²) in [4.78, 5) is 17.3. The number of hydrogen-bond donors (Lipinski definition) is 1. The molecule has 198 valence electrons. The summed E-state index contributed by atoms with van der Waals surface area (Å²) >= 11 is 1.08. The number of amides is 1. The number of thiazole rings is 1. The van der Waals surface area contributed by atoms with Gasteiger partial charge in [0.05, 0.1) is 39.8 Å². The van der Waals surface area contributed by atoms with Gasteiger partial charge in [0.2, 0.25) is 20.0 Å². The number of sulfonamides is 2. The predicted molar refractivity (Wildman–Crippen MR) is 139 cm³/mol. The minimum atomic E-state index is -3.92. The minimum absolute atomic E-state index is 0.0102. The number of nitrogens with two attached hydrogens (primary N) is 1. The first kappa shape index (κ1) is 28.7. The van der Waals surface area contributed by atoms with E-state index in [1.807, 2.05) is 0 Å². The van der Waals surface area contributed by atoms with Crippen LogP contribution in [0.15, 0.2) is 57.2 Å². The molecule has 2 aromatic carbocycles.